The van der Waals surface area contributed by atoms with Gasteiger partial charge in [0, 0.05) is 36.8 Å². The molecule has 1 saturated heterocycles. The summed E-state index contributed by atoms with van der Waals surface area (Å²) in [5.41, 5.74) is 4.36. The second kappa shape index (κ2) is 13.7. The average Bonchev–Trinajstić information content (AvgIpc) is 3.05. The summed E-state index contributed by atoms with van der Waals surface area (Å²) in [6.07, 6.45) is 1.19. The fraction of sp³-hybridized carbons (Fsp3) is 0.257. The molecule has 2 aliphatic heterocycles. The molecule has 1 aromatic heterocycles. The van der Waals surface area contributed by atoms with E-state index in [-0.39, 0.29) is 37.2 Å². The van der Waals surface area contributed by atoms with Crippen molar-refractivity contribution in [1.82, 2.24) is 4.98 Å². The van der Waals surface area contributed by atoms with Crippen LogP contribution < -0.4 is 20.1 Å². The van der Waals surface area contributed by atoms with Crippen molar-refractivity contribution < 1.29 is 32.9 Å². The number of nitrogens with zero attached hydrogens (tertiary/aromatic N) is 2. The maximum atomic E-state index is 15.6. The van der Waals surface area contributed by atoms with Crippen LogP contribution >= 0.6 is 0 Å². The average molecular weight is 623 g/mol. The van der Waals surface area contributed by atoms with Crippen molar-refractivity contribution in [1.29, 1.82) is 5.26 Å². The van der Waals surface area contributed by atoms with Gasteiger partial charge in [-0.1, -0.05) is 12.1 Å². The molecule has 3 aromatic carbocycles. The van der Waals surface area contributed by atoms with Gasteiger partial charge < -0.3 is 29.6 Å². The molecule has 0 unspecified atom stereocenters. The number of nitriles is 1. The zero-order valence-electron chi connectivity index (χ0n) is 25.1. The van der Waals surface area contributed by atoms with Crippen LogP contribution in [-0.4, -0.2) is 49.8 Å². The first-order valence-corrected chi connectivity index (χ1v) is 14.8. The van der Waals surface area contributed by atoms with Crippen LogP contribution in [0.3, 0.4) is 0 Å². The lowest BCUT2D eigenvalue weighted by atomic mass is 9.96. The van der Waals surface area contributed by atoms with Gasteiger partial charge in [-0.2, -0.15) is 5.26 Å². The summed E-state index contributed by atoms with van der Waals surface area (Å²) >= 11 is 0. The van der Waals surface area contributed by atoms with Crippen molar-refractivity contribution in [3.05, 3.63) is 100 Å². The molecule has 6 rings (SSSR count). The van der Waals surface area contributed by atoms with E-state index in [4.69, 9.17) is 18.9 Å². The van der Waals surface area contributed by atoms with E-state index >= 15 is 4.39 Å². The molecule has 0 radical (unpaired) electrons. The van der Waals surface area contributed by atoms with Crippen LogP contribution in [0.15, 0.2) is 66.7 Å². The Morgan fingerprint density at radius 2 is 1.91 bits per heavy atom. The van der Waals surface area contributed by atoms with Gasteiger partial charge in [-0.05, 0) is 66.1 Å². The number of anilines is 2. The molecular weight excluding hydrogens is 591 g/mol. The largest absolute Gasteiger partial charge is 0.493 e. The molecule has 4 aromatic rings. The van der Waals surface area contributed by atoms with Gasteiger partial charge in [0.25, 0.3) is 0 Å². The van der Waals surface area contributed by atoms with Crippen LogP contribution in [0.1, 0.15) is 39.0 Å². The maximum Gasteiger partial charge on any atom is 0.337 e. The Balaban J connectivity index is 1.28. The number of amides is 1. The number of ether oxygens (including phenoxy) is 4. The molecule has 1 fully saturated rings. The van der Waals surface area contributed by atoms with Gasteiger partial charge in [0.2, 0.25) is 11.8 Å². The number of pyridine rings is 1. The van der Waals surface area contributed by atoms with Crippen molar-refractivity contribution >= 4 is 23.3 Å². The Hall–Kier alpha value is -5.47. The van der Waals surface area contributed by atoms with Gasteiger partial charge in [-0.3, -0.25) is 4.79 Å². The summed E-state index contributed by atoms with van der Waals surface area (Å²) in [6, 6.07) is 20.2. The number of esters is 1. The quantitative estimate of drug-likeness (QED) is 0.259. The third kappa shape index (κ3) is 6.92. The summed E-state index contributed by atoms with van der Waals surface area (Å²) in [5.74, 6) is -0.601. The number of hydrogen-bond acceptors (Lipinski definition) is 9. The molecule has 0 aliphatic carbocycles. The SMILES string of the molecule is COC(=O)c1ccc(NC(=O)Cc2cc(F)c3cc2CCOc2cc(C#N)ccc2COc2cccc-3n2)c(NC[C@@H]2CCO2)c1. The second-order valence-corrected chi connectivity index (χ2v) is 10.9. The minimum absolute atomic E-state index is 0.0430. The molecule has 0 spiro atoms. The number of benzene rings is 3. The molecule has 234 valence electrons. The summed E-state index contributed by atoms with van der Waals surface area (Å²) in [7, 11) is 1.30. The van der Waals surface area contributed by atoms with Gasteiger partial charge in [-0.15, -0.1) is 0 Å². The Morgan fingerprint density at radius 3 is 2.70 bits per heavy atom. The molecule has 2 aliphatic rings. The van der Waals surface area contributed by atoms with Crippen molar-refractivity contribution in [3.63, 3.8) is 0 Å². The fourth-order valence-electron chi connectivity index (χ4n) is 5.28. The molecule has 0 saturated carbocycles. The first-order valence-electron chi connectivity index (χ1n) is 14.8. The molecule has 2 N–H and O–H groups in total. The van der Waals surface area contributed by atoms with E-state index < -0.39 is 11.8 Å². The highest BCUT2D eigenvalue weighted by molar-refractivity contribution is 5.98. The molecule has 3 heterocycles. The van der Waals surface area contributed by atoms with Crippen LogP contribution in [-0.2, 0) is 33.7 Å². The second-order valence-electron chi connectivity index (χ2n) is 10.9. The number of halogens is 1. The minimum atomic E-state index is -0.528. The van der Waals surface area contributed by atoms with Crippen molar-refractivity contribution in [2.24, 2.45) is 0 Å². The van der Waals surface area contributed by atoms with Crippen molar-refractivity contribution in [3.8, 4) is 29.0 Å². The van der Waals surface area contributed by atoms with Gasteiger partial charge in [-0.25, -0.2) is 14.2 Å². The zero-order valence-corrected chi connectivity index (χ0v) is 25.1. The molecule has 46 heavy (non-hydrogen) atoms. The van der Waals surface area contributed by atoms with E-state index in [1.54, 1.807) is 60.7 Å². The number of aromatic nitrogens is 1. The predicted octanol–water partition coefficient (Wildman–Crippen LogP) is 5.44. The maximum absolute atomic E-state index is 15.6. The van der Waals surface area contributed by atoms with Crippen LogP contribution in [0, 0.1) is 17.1 Å². The lowest BCUT2D eigenvalue weighted by Crippen LogP contribution is -2.33. The number of carbonyl (C=O) groups excluding carboxylic acids is 2. The lowest BCUT2D eigenvalue weighted by molar-refractivity contribution is -0.115. The Bertz CT molecular complexity index is 1830. The van der Waals surface area contributed by atoms with Gasteiger partial charge in [0.1, 0.15) is 18.2 Å². The van der Waals surface area contributed by atoms with E-state index in [2.05, 4.69) is 21.7 Å². The molecule has 4 bridgehead atoms. The van der Waals surface area contributed by atoms with Crippen LogP contribution in [0.4, 0.5) is 15.8 Å². The molecular formula is C35H31FN4O6. The number of nitrogens with one attached hydrogen (secondary N) is 2. The smallest absolute Gasteiger partial charge is 0.337 e. The number of hydrogen-bond donors (Lipinski definition) is 2. The number of fused-ring (bicyclic) bond motifs is 6. The van der Waals surface area contributed by atoms with E-state index in [0.29, 0.717) is 70.5 Å². The minimum Gasteiger partial charge on any atom is -0.493 e. The highest BCUT2D eigenvalue weighted by Gasteiger charge is 2.21. The standard InChI is InChI=1S/C35H31FN4O6/c1-43-35(42)23-7-8-30(31(16-23)38-19-26-10-12-44-26)39-33(41)17-25-15-28(36)27-14-22(25)9-11-45-32-13-21(18-37)5-6-24(32)20-46-34-4-2-3-29(27)40-34/h2-8,13-16,26,38H,9-12,17,19-20H2,1H3,(H,39,41)/t26-/m0/s1. The summed E-state index contributed by atoms with van der Waals surface area (Å²) in [6.45, 7) is 1.56. The van der Waals surface area contributed by atoms with Crippen molar-refractivity contribution in [2.45, 2.75) is 32.0 Å². The number of rotatable bonds is 7. The molecule has 1 atom stereocenters. The Morgan fingerprint density at radius 1 is 1.04 bits per heavy atom. The highest BCUT2D eigenvalue weighted by Crippen LogP contribution is 2.30. The Kier molecular flexibility index (Phi) is 9.08. The van der Waals surface area contributed by atoms with E-state index in [0.717, 1.165) is 12.0 Å². The Labute approximate surface area is 265 Å². The zero-order chi connectivity index (χ0) is 32.0. The summed E-state index contributed by atoms with van der Waals surface area (Å²) in [5, 5.41) is 15.6. The van der Waals surface area contributed by atoms with E-state index in [9.17, 15) is 14.9 Å². The topological polar surface area (TPSA) is 132 Å². The van der Waals surface area contributed by atoms with Crippen molar-refractivity contribution in [2.75, 3.05) is 37.5 Å². The third-order valence-electron chi connectivity index (χ3n) is 7.87. The summed E-state index contributed by atoms with van der Waals surface area (Å²) in [4.78, 5) is 30.1. The van der Waals surface area contributed by atoms with Gasteiger partial charge >= 0.3 is 5.97 Å². The monoisotopic (exact) mass is 622 g/mol. The van der Waals surface area contributed by atoms with Gasteiger partial charge in [0.15, 0.2) is 0 Å². The number of carbonyl (C=O) groups is 2. The first-order chi connectivity index (χ1) is 22.4. The lowest BCUT2D eigenvalue weighted by Gasteiger charge is -2.27. The molecule has 1 amide bonds. The number of methoxy groups -OCH3 is 1. The fourth-order valence-corrected chi connectivity index (χ4v) is 5.28. The predicted molar refractivity (Wildman–Crippen MR) is 167 cm³/mol. The summed E-state index contributed by atoms with van der Waals surface area (Å²) < 4.78 is 38.0. The van der Waals surface area contributed by atoms with Crippen LogP contribution in [0.2, 0.25) is 0 Å². The first kappa shape index (κ1) is 30.6. The van der Waals surface area contributed by atoms with Crippen LogP contribution in [0.5, 0.6) is 11.6 Å². The van der Waals surface area contributed by atoms with E-state index in [1.165, 1.54) is 13.2 Å². The van der Waals surface area contributed by atoms with E-state index in [1.807, 2.05) is 0 Å². The van der Waals surface area contributed by atoms with Crippen LogP contribution in [0.25, 0.3) is 11.3 Å². The van der Waals surface area contributed by atoms with Gasteiger partial charge in [0.05, 0.1) is 60.5 Å². The molecule has 11 heteroatoms. The molecule has 10 nitrogen and oxygen atoms in total. The highest BCUT2D eigenvalue weighted by atomic mass is 19.1. The third-order valence-corrected chi connectivity index (χ3v) is 7.87. The normalized spacial score (nSPS) is 15.1.